The summed E-state index contributed by atoms with van der Waals surface area (Å²) in [5, 5.41) is 22.0. The molecule has 31 heavy (non-hydrogen) atoms. The molecule has 0 fully saturated rings. The Morgan fingerprint density at radius 2 is 1.77 bits per heavy atom. The summed E-state index contributed by atoms with van der Waals surface area (Å²) in [5.74, 6) is -1.49. The summed E-state index contributed by atoms with van der Waals surface area (Å²) in [7, 11) is -5.60. The molecule has 0 aromatic heterocycles. The highest BCUT2D eigenvalue weighted by Crippen LogP contribution is 2.19. The number of carbonyl (C=O) groups excluding carboxylic acids is 1. The van der Waals surface area contributed by atoms with Crippen LogP contribution in [0.1, 0.15) is 35.6 Å². The molecule has 0 unspecified atom stereocenters. The van der Waals surface area contributed by atoms with E-state index in [-0.39, 0.29) is 11.4 Å². The lowest BCUT2D eigenvalue weighted by Gasteiger charge is -2.23. The third-order valence-corrected chi connectivity index (χ3v) is 7.39. The van der Waals surface area contributed by atoms with Gasteiger partial charge in [0.1, 0.15) is 0 Å². The van der Waals surface area contributed by atoms with Crippen molar-refractivity contribution in [2.24, 2.45) is 0 Å². The van der Waals surface area contributed by atoms with E-state index in [9.17, 15) is 23.3 Å². The molecule has 9 heteroatoms. The summed E-state index contributed by atoms with van der Waals surface area (Å²) in [6, 6.07) is 12.6. The lowest BCUT2D eigenvalue weighted by atomic mass is 9.76. The van der Waals surface area contributed by atoms with Gasteiger partial charge in [0.05, 0.1) is 17.4 Å². The van der Waals surface area contributed by atoms with E-state index >= 15 is 0 Å². The second kappa shape index (κ2) is 10.9. The average molecular weight is 446 g/mol. The van der Waals surface area contributed by atoms with Crippen molar-refractivity contribution in [3.8, 4) is 0 Å². The molecule has 1 amide bonds. The van der Waals surface area contributed by atoms with Gasteiger partial charge in [-0.15, -0.1) is 0 Å². The van der Waals surface area contributed by atoms with Gasteiger partial charge < -0.3 is 15.4 Å². The quantitative estimate of drug-likeness (QED) is 0.482. The van der Waals surface area contributed by atoms with Crippen LogP contribution in [0.25, 0.3) is 0 Å². The monoisotopic (exact) mass is 446 g/mol. The first kappa shape index (κ1) is 25.1. The first-order valence-electron chi connectivity index (χ1n) is 10.3. The maximum absolute atomic E-state index is 13.0. The van der Waals surface area contributed by atoms with Crippen LogP contribution in [0.2, 0.25) is 0 Å². The largest absolute Gasteiger partial charge is 0.475 e. The molecule has 1 atom stereocenters. The first-order chi connectivity index (χ1) is 14.6. The molecule has 0 aliphatic heterocycles. The maximum atomic E-state index is 13.0. The number of amides is 1. The van der Waals surface area contributed by atoms with Gasteiger partial charge >= 0.3 is 7.12 Å². The zero-order valence-corrected chi connectivity index (χ0v) is 19.3. The van der Waals surface area contributed by atoms with Crippen LogP contribution in [0.4, 0.5) is 0 Å². The molecule has 0 aliphatic carbocycles. The van der Waals surface area contributed by atoms with Gasteiger partial charge in [0, 0.05) is 6.54 Å². The molecule has 0 saturated carbocycles. The Morgan fingerprint density at radius 1 is 1.10 bits per heavy atom. The Labute approximate surface area is 185 Å². The van der Waals surface area contributed by atoms with Gasteiger partial charge in [-0.05, 0) is 56.4 Å². The molecule has 3 N–H and O–H groups in total. The number of benzene rings is 2. The number of carbonyl (C=O) groups is 1. The van der Waals surface area contributed by atoms with Crippen LogP contribution >= 0.6 is 0 Å². The Hall–Kier alpha value is -2.20. The van der Waals surface area contributed by atoms with Crippen LogP contribution in [0.3, 0.4) is 0 Å². The van der Waals surface area contributed by atoms with Gasteiger partial charge in [0.15, 0.2) is 0 Å². The molecule has 0 spiro atoms. The fraction of sp³-hybridized carbons (Fsp3) is 0.409. The van der Waals surface area contributed by atoms with Crippen LogP contribution in [0.5, 0.6) is 0 Å². The number of likely N-dealkylation sites (N-methyl/N-ethyl adjacent to an activating group) is 1. The van der Waals surface area contributed by atoms with Crippen LogP contribution in [-0.2, 0) is 21.2 Å². The van der Waals surface area contributed by atoms with Gasteiger partial charge in [0.25, 0.3) is 0 Å². The van der Waals surface area contributed by atoms with Crippen molar-refractivity contribution in [3.05, 3.63) is 64.7 Å². The molecule has 0 radical (unpaired) electrons. The van der Waals surface area contributed by atoms with Crippen molar-refractivity contribution in [2.75, 3.05) is 13.1 Å². The molecule has 0 saturated heterocycles. The topological polar surface area (TPSA) is 107 Å². The Kier molecular flexibility index (Phi) is 8.82. The van der Waals surface area contributed by atoms with Crippen molar-refractivity contribution in [1.82, 2.24) is 9.62 Å². The fourth-order valence-corrected chi connectivity index (χ4v) is 5.13. The fourth-order valence-electron chi connectivity index (χ4n) is 3.50. The van der Waals surface area contributed by atoms with E-state index in [1.807, 2.05) is 32.0 Å². The Morgan fingerprint density at radius 3 is 2.35 bits per heavy atom. The highest BCUT2D eigenvalue weighted by atomic mass is 32.2. The third kappa shape index (κ3) is 6.64. The second-order valence-electron chi connectivity index (χ2n) is 7.75. The van der Waals surface area contributed by atoms with Crippen LogP contribution < -0.4 is 5.32 Å². The molecular weight excluding hydrogens is 415 g/mol. The van der Waals surface area contributed by atoms with Crippen LogP contribution in [0, 0.1) is 20.8 Å². The van der Waals surface area contributed by atoms with E-state index in [0.717, 1.165) is 21.0 Å². The molecular formula is C22H31BN2O5S. The molecule has 0 aliphatic rings. The second-order valence-corrected chi connectivity index (χ2v) is 9.66. The third-order valence-electron chi connectivity index (χ3n) is 5.31. The minimum absolute atomic E-state index is 0.110. The molecule has 168 valence electrons. The van der Waals surface area contributed by atoms with Gasteiger partial charge in [-0.1, -0.05) is 48.9 Å². The van der Waals surface area contributed by atoms with Crippen molar-refractivity contribution in [2.45, 2.75) is 51.4 Å². The summed E-state index contributed by atoms with van der Waals surface area (Å²) in [6.45, 7) is 7.05. The van der Waals surface area contributed by atoms with E-state index in [1.165, 1.54) is 6.07 Å². The standard InChI is InChI=1S/C22H31BN2O5S/c1-5-25(31(29,30)20-9-7-6-8-17(20)3)15-22(26)24-21(23(27)28)13-12-19-11-10-16(2)14-18(19)4/h6-11,14,21,27-28H,5,12-13,15H2,1-4H3,(H,24,26)/t21-/m0/s1. The zero-order chi connectivity index (χ0) is 23.2. The predicted molar refractivity (Wildman–Crippen MR) is 122 cm³/mol. The summed E-state index contributed by atoms with van der Waals surface area (Å²) in [5.41, 5.74) is 3.89. The molecule has 0 heterocycles. The predicted octanol–water partition coefficient (Wildman–Crippen LogP) is 1.75. The Bertz CT molecular complexity index is 1010. The molecule has 2 aromatic carbocycles. The van der Waals surface area contributed by atoms with E-state index in [1.54, 1.807) is 32.0 Å². The smallest absolute Gasteiger partial charge is 0.426 e. The lowest BCUT2D eigenvalue weighted by Crippen LogP contribution is -2.50. The SMILES string of the molecule is CCN(CC(=O)N[C@@H](CCc1ccc(C)cc1C)B(O)O)S(=O)(=O)c1ccccc1C. The summed E-state index contributed by atoms with van der Waals surface area (Å²) in [4.78, 5) is 12.7. The number of nitrogens with zero attached hydrogens (tertiary/aromatic N) is 1. The Balaban J connectivity index is 2.07. The highest BCUT2D eigenvalue weighted by molar-refractivity contribution is 7.89. The van der Waals surface area contributed by atoms with Gasteiger partial charge in [-0.3, -0.25) is 4.79 Å². The van der Waals surface area contributed by atoms with Crippen molar-refractivity contribution in [3.63, 3.8) is 0 Å². The van der Waals surface area contributed by atoms with Crippen molar-refractivity contribution >= 4 is 23.0 Å². The summed E-state index contributed by atoms with van der Waals surface area (Å²) in [6.07, 6.45) is 0.859. The molecule has 7 nitrogen and oxygen atoms in total. The minimum Gasteiger partial charge on any atom is -0.426 e. The average Bonchev–Trinajstić information content (AvgIpc) is 2.70. The van der Waals surface area contributed by atoms with Gasteiger partial charge in [-0.25, -0.2) is 8.42 Å². The summed E-state index contributed by atoms with van der Waals surface area (Å²) < 4.78 is 27.0. The van der Waals surface area contributed by atoms with E-state index in [0.29, 0.717) is 18.4 Å². The lowest BCUT2D eigenvalue weighted by molar-refractivity contribution is -0.121. The number of rotatable bonds is 10. The normalized spacial score (nSPS) is 12.6. The van der Waals surface area contributed by atoms with Crippen LogP contribution in [-0.4, -0.2) is 54.8 Å². The van der Waals surface area contributed by atoms with Crippen molar-refractivity contribution < 1.29 is 23.3 Å². The number of sulfonamides is 1. The maximum Gasteiger partial charge on any atom is 0.475 e. The van der Waals surface area contributed by atoms with Crippen molar-refractivity contribution in [1.29, 1.82) is 0 Å². The zero-order valence-electron chi connectivity index (χ0n) is 18.5. The summed E-state index contributed by atoms with van der Waals surface area (Å²) >= 11 is 0. The van der Waals surface area contributed by atoms with E-state index < -0.39 is 35.5 Å². The first-order valence-corrected chi connectivity index (χ1v) is 11.8. The number of hydrogen-bond acceptors (Lipinski definition) is 5. The van der Waals surface area contributed by atoms with Gasteiger partial charge in [0.2, 0.25) is 15.9 Å². The molecule has 0 bridgehead atoms. The van der Waals surface area contributed by atoms with E-state index in [4.69, 9.17) is 0 Å². The molecule has 2 rings (SSSR count). The number of nitrogens with one attached hydrogen (secondary N) is 1. The number of hydrogen-bond donors (Lipinski definition) is 3. The van der Waals surface area contributed by atoms with Crippen LogP contribution in [0.15, 0.2) is 47.4 Å². The molecule has 2 aromatic rings. The van der Waals surface area contributed by atoms with Gasteiger partial charge in [-0.2, -0.15) is 4.31 Å². The van der Waals surface area contributed by atoms with E-state index in [2.05, 4.69) is 5.32 Å². The minimum atomic E-state index is -3.85. The highest BCUT2D eigenvalue weighted by Gasteiger charge is 2.30. The number of aryl methyl sites for hydroxylation is 4.